The molecule has 0 saturated heterocycles. The lowest BCUT2D eigenvalue weighted by Gasteiger charge is -2.05. The first-order valence-corrected chi connectivity index (χ1v) is 6.11. The summed E-state index contributed by atoms with van der Waals surface area (Å²) in [5, 5.41) is 13.1. The molecule has 2 N–H and O–H groups in total. The number of hydrogen-bond donors (Lipinski definition) is 2. The van der Waals surface area contributed by atoms with Crippen molar-refractivity contribution in [3.8, 4) is 0 Å². The average molecular weight is 280 g/mol. The predicted molar refractivity (Wildman–Crippen MR) is 68.2 cm³/mol. The van der Waals surface area contributed by atoms with Crippen molar-refractivity contribution in [3.63, 3.8) is 0 Å². The second-order valence-electron chi connectivity index (χ2n) is 3.74. The fourth-order valence-corrected chi connectivity index (χ4v) is 2.29. The van der Waals surface area contributed by atoms with E-state index in [2.05, 4.69) is 10.3 Å². The van der Waals surface area contributed by atoms with Crippen LogP contribution in [0.25, 0.3) is 0 Å². The Bertz CT molecular complexity index is 637. The predicted octanol–water partition coefficient (Wildman–Crippen LogP) is 2.54. The zero-order chi connectivity index (χ0) is 14.0. The Morgan fingerprint density at radius 2 is 2.16 bits per heavy atom. The highest BCUT2D eigenvalue weighted by Gasteiger charge is 2.18. The zero-order valence-electron chi connectivity index (χ0n) is 9.81. The van der Waals surface area contributed by atoms with Crippen LogP contribution in [0.15, 0.2) is 23.7 Å². The van der Waals surface area contributed by atoms with Crippen molar-refractivity contribution in [2.75, 3.05) is 5.32 Å². The quantitative estimate of drug-likeness (QED) is 0.905. The molecule has 0 bridgehead atoms. The topological polar surface area (TPSA) is 79.3 Å². The molecule has 1 amide bonds. The lowest BCUT2D eigenvalue weighted by atomic mass is 10.2. The van der Waals surface area contributed by atoms with E-state index in [0.29, 0.717) is 5.56 Å². The summed E-state index contributed by atoms with van der Waals surface area (Å²) in [5.41, 5.74) is 0.912. The number of nitrogens with zero attached hydrogens (tertiary/aromatic N) is 1. The Morgan fingerprint density at radius 1 is 1.42 bits per heavy atom. The van der Waals surface area contributed by atoms with Gasteiger partial charge < -0.3 is 10.4 Å². The van der Waals surface area contributed by atoms with Crippen LogP contribution in [0.5, 0.6) is 0 Å². The number of carboxylic acid groups (broad SMARTS) is 1. The SMILES string of the molecule is Cc1csc(C(=O)O)c1NC(=O)c1ccc(F)cn1. The molecular formula is C12H9FN2O3S. The van der Waals surface area contributed by atoms with Crippen molar-refractivity contribution < 1.29 is 19.1 Å². The summed E-state index contributed by atoms with van der Waals surface area (Å²) in [5.74, 6) is -2.24. The number of aryl methyl sites for hydroxylation is 1. The normalized spacial score (nSPS) is 10.2. The fraction of sp³-hybridized carbons (Fsp3) is 0.0833. The van der Waals surface area contributed by atoms with Gasteiger partial charge in [0.05, 0.1) is 11.9 Å². The Morgan fingerprint density at radius 3 is 2.74 bits per heavy atom. The second-order valence-corrected chi connectivity index (χ2v) is 4.62. The van der Waals surface area contributed by atoms with Crippen molar-refractivity contribution >= 4 is 28.9 Å². The van der Waals surface area contributed by atoms with Crippen LogP contribution in [0.2, 0.25) is 0 Å². The number of pyridine rings is 1. The third-order valence-corrected chi connectivity index (χ3v) is 3.45. The average Bonchev–Trinajstić information content (AvgIpc) is 2.72. The van der Waals surface area contributed by atoms with Crippen LogP contribution in [0.1, 0.15) is 25.7 Å². The highest BCUT2D eigenvalue weighted by Crippen LogP contribution is 2.27. The van der Waals surface area contributed by atoms with Gasteiger partial charge in [-0.1, -0.05) is 0 Å². The molecule has 0 spiro atoms. The Labute approximate surface area is 111 Å². The second kappa shape index (κ2) is 5.15. The Hall–Kier alpha value is -2.28. The van der Waals surface area contributed by atoms with Gasteiger partial charge in [0.15, 0.2) is 0 Å². The third kappa shape index (κ3) is 2.76. The summed E-state index contributed by atoms with van der Waals surface area (Å²) < 4.78 is 12.7. The van der Waals surface area contributed by atoms with Crippen LogP contribution in [0.4, 0.5) is 10.1 Å². The number of anilines is 1. The minimum atomic E-state index is -1.11. The van der Waals surface area contributed by atoms with Crippen molar-refractivity contribution in [1.29, 1.82) is 0 Å². The van der Waals surface area contributed by atoms with Crippen molar-refractivity contribution in [3.05, 3.63) is 45.7 Å². The number of carboxylic acids is 1. The van der Waals surface area contributed by atoms with Gasteiger partial charge in [0.25, 0.3) is 5.91 Å². The van der Waals surface area contributed by atoms with Crippen molar-refractivity contribution in [1.82, 2.24) is 4.98 Å². The van der Waals surface area contributed by atoms with Gasteiger partial charge in [0, 0.05) is 0 Å². The fourth-order valence-electron chi connectivity index (χ4n) is 1.44. The van der Waals surface area contributed by atoms with E-state index in [0.717, 1.165) is 23.6 Å². The van der Waals surface area contributed by atoms with Crippen LogP contribution < -0.4 is 5.32 Å². The molecule has 2 aromatic heterocycles. The van der Waals surface area contributed by atoms with Gasteiger partial charge in [-0.3, -0.25) is 4.79 Å². The lowest BCUT2D eigenvalue weighted by Crippen LogP contribution is -2.15. The number of halogens is 1. The maximum atomic E-state index is 12.7. The molecule has 5 nitrogen and oxygen atoms in total. The number of rotatable bonds is 3. The molecule has 0 saturated carbocycles. The van der Waals surface area contributed by atoms with E-state index >= 15 is 0 Å². The molecule has 0 aliphatic heterocycles. The molecule has 2 heterocycles. The first-order chi connectivity index (χ1) is 8.99. The van der Waals surface area contributed by atoms with Crippen LogP contribution in [-0.2, 0) is 0 Å². The van der Waals surface area contributed by atoms with E-state index in [1.165, 1.54) is 6.07 Å². The van der Waals surface area contributed by atoms with Gasteiger partial charge in [-0.15, -0.1) is 11.3 Å². The highest BCUT2D eigenvalue weighted by molar-refractivity contribution is 7.12. The molecule has 98 valence electrons. The molecule has 7 heteroatoms. The van der Waals surface area contributed by atoms with Crippen LogP contribution in [0.3, 0.4) is 0 Å². The molecule has 0 fully saturated rings. The Balaban J connectivity index is 2.26. The van der Waals surface area contributed by atoms with Crippen LogP contribution in [0, 0.1) is 12.7 Å². The molecule has 0 unspecified atom stereocenters. The molecule has 0 aliphatic rings. The number of amides is 1. The number of thiophene rings is 1. The number of carbonyl (C=O) groups is 2. The van der Waals surface area contributed by atoms with Gasteiger partial charge in [-0.05, 0) is 30.0 Å². The molecule has 0 atom stereocenters. The Kier molecular flexibility index (Phi) is 3.57. The lowest BCUT2D eigenvalue weighted by molar-refractivity contribution is 0.0703. The highest BCUT2D eigenvalue weighted by atomic mass is 32.1. The summed E-state index contributed by atoms with van der Waals surface area (Å²) in [6.45, 7) is 1.69. The van der Waals surface area contributed by atoms with E-state index < -0.39 is 17.7 Å². The summed E-state index contributed by atoms with van der Waals surface area (Å²) in [4.78, 5) is 26.5. The smallest absolute Gasteiger partial charge is 0.348 e. The van der Waals surface area contributed by atoms with Gasteiger partial charge >= 0.3 is 5.97 Å². The number of nitrogens with one attached hydrogen (secondary N) is 1. The number of carbonyl (C=O) groups excluding carboxylic acids is 1. The summed E-state index contributed by atoms with van der Waals surface area (Å²) in [7, 11) is 0. The molecule has 2 rings (SSSR count). The first kappa shape index (κ1) is 13.2. The zero-order valence-corrected chi connectivity index (χ0v) is 10.6. The van der Waals surface area contributed by atoms with Gasteiger partial charge in [-0.25, -0.2) is 14.2 Å². The third-order valence-electron chi connectivity index (χ3n) is 2.37. The summed E-state index contributed by atoms with van der Waals surface area (Å²) in [6.07, 6.45) is 0.924. The monoisotopic (exact) mass is 280 g/mol. The minimum absolute atomic E-state index is 0.0170. The van der Waals surface area contributed by atoms with E-state index in [-0.39, 0.29) is 16.3 Å². The van der Waals surface area contributed by atoms with Gasteiger partial charge in [0.2, 0.25) is 0 Å². The maximum absolute atomic E-state index is 12.7. The minimum Gasteiger partial charge on any atom is -0.477 e. The van der Waals surface area contributed by atoms with Crippen LogP contribution >= 0.6 is 11.3 Å². The molecular weight excluding hydrogens is 271 g/mol. The summed E-state index contributed by atoms with van der Waals surface area (Å²) >= 11 is 1.03. The van der Waals surface area contributed by atoms with Crippen LogP contribution in [-0.4, -0.2) is 22.0 Å². The molecule has 0 aliphatic carbocycles. The molecule has 2 aromatic rings. The number of aromatic nitrogens is 1. The standard InChI is InChI=1S/C12H9FN2O3S/c1-6-5-19-10(12(17)18)9(6)15-11(16)8-3-2-7(13)4-14-8/h2-5H,1H3,(H,15,16)(H,17,18). The largest absolute Gasteiger partial charge is 0.477 e. The van der Waals surface area contributed by atoms with Crippen molar-refractivity contribution in [2.45, 2.75) is 6.92 Å². The van der Waals surface area contributed by atoms with Gasteiger partial charge in [0.1, 0.15) is 16.4 Å². The molecule has 19 heavy (non-hydrogen) atoms. The maximum Gasteiger partial charge on any atom is 0.348 e. The first-order valence-electron chi connectivity index (χ1n) is 5.23. The van der Waals surface area contributed by atoms with E-state index in [4.69, 9.17) is 5.11 Å². The van der Waals surface area contributed by atoms with E-state index in [9.17, 15) is 14.0 Å². The molecule has 0 radical (unpaired) electrons. The summed E-state index contributed by atoms with van der Waals surface area (Å²) in [6, 6.07) is 2.34. The molecule has 0 aromatic carbocycles. The van der Waals surface area contributed by atoms with E-state index in [1.807, 2.05) is 0 Å². The van der Waals surface area contributed by atoms with E-state index in [1.54, 1.807) is 12.3 Å². The van der Waals surface area contributed by atoms with Gasteiger partial charge in [-0.2, -0.15) is 0 Å². The number of aromatic carboxylic acids is 1. The van der Waals surface area contributed by atoms with Crippen molar-refractivity contribution in [2.24, 2.45) is 0 Å². The number of hydrogen-bond acceptors (Lipinski definition) is 4.